The lowest BCUT2D eigenvalue weighted by Gasteiger charge is -2.32. The first-order valence-corrected chi connectivity index (χ1v) is 16.5. The summed E-state index contributed by atoms with van der Waals surface area (Å²) in [6.45, 7) is 20.9. The van der Waals surface area contributed by atoms with Crippen molar-refractivity contribution in [2.75, 3.05) is 6.54 Å². The third kappa shape index (κ3) is 6.21. The van der Waals surface area contributed by atoms with Gasteiger partial charge in [-0.05, 0) is 89.8 Å². The summed E-state index contributed by atoms with van der Waals surface area (Å²) in [6.07, 6.45) is 4.05. The van der Waals surface area contributed by atoms with Crippen molar-refractivity contribution < 1.29 is 28.2 Å². The lowest BCUT2D eigenvalue weighted by Crippen LogP contribution is -2.41. The second kappa shape index (κ2) is 12.1. The van der Waals surface area contributed by atoms with Crippen LogP contribution in [0.3, 0.4) is 0 Å². The average Bonchev–Trinajstić information content (AvgIpc) is 3.46. The molecule has 5 rings (SSSR count). The van der Waals surface area contributed by atoms with E-state index in [1.807, 2.05) is 104 Å². The number of unbranched alkanes of at least 4 members (excludes halogenated alkanes) is 1. The Morgan fingerprint density at radius 3 is 1.29 bits per heavy atom. The minimum Gasteiger partial charge on any atom is -0.399 e. The van der Waals surface area contributed by atoms with E-state index in [0.29, 0.717) is 28.8 Å². The van der Waals surface area contributed by atoms with Crippen LogP contribution < -0.4 is 10.9 Å². The molecule has 0 aliphatic carbocycles. The highest BCUT2D eigenvalue weighted by molar-refractivity contribution is 6.62. The van der Waals surface area contributed by atoms with E-state index in [0.717, 1.165) is 36.6 Å². The zero-order valence-electron chi connectivity index (χ0n) is 28.8. The summed E-state index contributed by atoms with van der Waals surface area (Å²) in [7, 11) is -1.03. The smallest absolute Gasteiger partial charge is 0.399 e. The Kier molecular flexibility index (Phi) is 9.08. The van der Waals surface area contributed by atoms with Crippen molar-refractivity contribution in [3.8, 4) is 0 Å². The van der Waals surface area contributed by atoms with Gasteiger partial charge in [0.15, 0.2) is 0 Å². The summed E-state index contributed by atoms with van der Waals surface area (Å²) in [6, 6.07) is 15.3. The van der Waals surface area contributed by atoms with Gasteiger partial charge in [0.25, 0.3) is 11.8 Å². The van der Waals surface area contributed by atoms with E-state index in [-0.39, 0.29) is 17.7 Å². The molecule has 1 atom stereocenters. The third-order valence-corrected chi connectivity index (χ3v) is 10.6. The van der Waals surface area contributed by atoms with Crippen molar-refractivity contribution in [3.63, 3.8) is 0 Å². The molecule has 2 aromatic carbocycles. The minimum absolute atomic E-state index is 0.247. The highest BCUT2D eigenvalue weighted by atomic mass is 16.7. The molecule has 3 aliphatic rings. The molecule has 2 amide bonds. The molecule has 7 nitrogen and oxygen atoms in total. The fourth-order valence-corrected chi connectivity index (χ4v) is 6.03. The van der Waals surface area contributed by atoms with Crippen LogP contribution in [0.25, 0.3) is 11.1 Å². The van der Waals surface area contributed by atoms with Crippen molar-refractivity contribution in [1.82, 2.24) is 4.90 Å². The van der Waals surface area contributed by atoms with Gasteiger partial charge >= 0.3 is 14.2 Å². The van der Waals surface area contributed by atoms with E-state index >= 15 is 0 Å². The maximum absolute atomic E-state index is 14.1. The fourth-order valence-electron chi connectivity index (χ4n) is 6.03. The second-order valence-electron chi connectivity index (χ2n) is 14.8. The van der Waals surface area contributed by atoms with E-state index in [2.05, 4.69) is 13.8 Å². The number of hydrogen-bond acceptors (Lipinski definition) is 6. The normalized spacial score (nSPS) is 22.6. The van der Waals surface area contributed by atoms with E-state index in [1.54, 1.807) is 0 Å². The Labute approximate surface area is 270 Å². The maximum atomic E-state index is 14.1. The van der Waals surface area contributed by atoms with Gasteiger partial charge in [-0.3, -0.25) is 14.5 Å². The van der Waals surface area contributed by atoms with E-state index in [4.69, 9.17) is 18.6 Å². The Bertz CT molecular complexity index is 1330. The highest BCUT2D eigenvalue weighted by Gasteiger charge is 2.53. The van der Waals surface area contributed by atoms with Gasteiger partial charge in [-0.15, -0.1) is 0 Å². The lowest BCUT2D eigenvalue weighted by atomic mass is 9.78. The van der Waals surface area contributed by atoms with Gasteiger partial charge in [0, 0.05) is 6.54 Å². The van der Waals surface area contributed by atoms with Crippen LogP contribution in [0.4, 0.5) is 0 Å². The van der Waals surface area contributed by atoms with E-state index in [9.17, 15) is 9.59 Å². The molecule has 0 radical (unpaired) electrons. The molecular formula is C36H49B2NO6. The predicted molar refractivity (Wildman–Crippen MR) is 181 cm³/mol. The monoisotopic (exact) mass is 613 g/mol. The SMILES string of the molecule is CCCCC(CC)CN1C(=O)C(c2ccc(B3OC(C)(C)C(C)(C)O3)cc2)=C(c2ccc(B3OC(C)(C)C(C)(C)O3)cc2)C1=O. The van der Waals surface area contributed by atoms with Crippen LogP contribution in [0.2, 0.25) is 0 Å². The first-order valence-electron chi connectivity index (χ1n) is 16.5. The highest BCUT2D eigenvalue weighted by Crippen LogP contribution is 2.39. The van der Waals surface area contributed by atoms with Crippen molar-refractivity contribution in [2.45, 2.75) is 117 Å². The molecule has 45 heavy (non-hydrogen) atoms. The predicted octanol–water partition coefficient (Wildman–Crippen LogP) is 5.78. The van der Waals surface area contributed by atoms with Gasteiger partial charge in [0.2, 0.25) is 0 Å². The Hall–Kier alpha value is -2.71. The minimum atomic E-state index is -0.513. The van der Waals surface area contributed by atoms with E-state index in [1.165, 1.54) is 4.90 Å². The summed E-state index contributed by atoms with van der Waals surface area (Å²) in [5, 5.41) is 0. The summed E-state index contributed by atoms with van der Waals surface area (Å²) in [5.74, 6) is -0.235. The largest absolute Gasteiger partial charge is 0.494 e. The Morgan fingerprint density at radius 1 is 0.622 bits per heavy atom. The third-order valence-electron chi connectivity index (χ3n) is 10.6. The number of rotatable bonds is 10. The molecule has 3 aliphatic heterocycles. The Balaban J connectivity index is 1.49. The van der Waals surface area contributed by atoms with Crippen molar-refractivity contribution in [2.24, 2.45) is 5.92 Å². The molecule has 0 spiro atoms. The van der Waals surface area contributed by atoms with Gasteiger partial charge in [0.1, 0.15) is 0 Å². The maximum Gasteiger partial charge on any atom is 0.494 e. The molecule has 0 saturated carbocycles. The van der Waals surface area contributed by atoms with Crippen LogP contribution in [0.5, 0.6) is 0 Å². The fraction of sp³-hybridized carbons (Fsp3) is 0.556. The van der Waals surface area contributed by atoms with Crippen LogP contribution in [-0.4, -0.2) is 59.9 Å². The number of hydrogen-bond donors (Lipinski definition) is 0. The first kappa shape index (κ1) is 33.6. The molecule has 0 bridgehead atoms. The molecule has 0 aromatic heterocycles. The average molecular weight is 613 g/mol. The van der Waals surface area contributed by atoms with Crippen LogP contribution in [0, 0.1) is 5.92 Å². The summed E-state index contributed by atoms with van der Waals surface area (Å²) >= 11 is 0. The molecule has 1 unspecified atom stereocenters. The number of amides is 2. The molecule has 240 valence electrons. The molecular weight excluding hydrogens is 564 g/mol. The van der Waals surface area contributed by atoms with Crippen LogP contribution in [-0.2, 0) is 28.2 Å². The van der Waals surface area contributed by atoms with Gasteiger partial charge < -0.3 is 18.6 Å². The van der Waals surface area contributed by atoms with Gasteiger partial charge in [-0.1, -0.05) is 81.6 Å². The zero-order valence-corrected chi connectivity index (χ0v) is 28.8. The number of nitrogens with zero attached hydrogens (tertiary/aromatic N) is 1. The molecule has 2 aromatic rings. The topological polar surface area (TPSA) is 74.3 Å². The number of carbonyl (C=O) groups excluding carboxylic acids is 2. The van der Waals surface area contributed by atoms with E-state index < -0.39 is 36.6 Å². The van der Waals surface area contributed by atoms with Crippen molar-refractivity contribution >= 4 is 48.1 Å². The lowest BCUT2D eigenvalue weighted by molar-refractivity contribution is -0.136. The summed E-state index contributed by atoms with van der Waals surface area (Å²) < 4.78 is 25.0. The summed E-state index contributed by atoms with van der Waals surface area (Å²) in [5.41, 5.74) is 2.14. The molecule has 3 heterocycles. The summed E-state index contributed by atoms with van der Waals surface area (Å²) in [4.78, 5) is 29.7. The molecule has 0 N–H and O–H groups in total. The quantitative estimate of drug-likeness (QED) is 0.250. The first-order chi connectivity index (χ1) is 21.0. The number of imide groups is 1. The van der Waals surface area contributed by atoms with Crippen molar-refractivity contribution in [3.05, 3.63) is 59.7 Å². The Morgan fingerprint density at radius 2 is 0.978 bits per heavy atom. The van der Waals surface area contributed by atoms with Crippen LogP contribution in [0.15, 0.2) is 48.5 Å². The van der Waals surface area contributed by atoms with Gasteiger partial charge in [0.05, 0.1) is 33.6 Å². The number of benzene rings is 2. The number of carbonyl (C=O) groups is 2. The van der Waals surface area contributed by atoms with Crippen LogP contribution >= 0.6 is 0 Å². The standard InChI is InChI=1S/C36H49B2NO6/c1-11-13-14-24(12-2)23-39-31(40)29(25-15-19-27(20-16-25)37-42-33(3,4)34(5,6)43-37)30(32(39)41)26-17-21-28(22-18-26)38-44-35(7,8)36(9,10)45-38/h15-22,24H,11-14,23H2,1-10H3. The zero-order chi connectivity index (χ0) is 32.9. The second-order valence-corrected chi connectivity index (χ2v) is 14.8. The molecule has 9 heteroatoms. The molecule has 2 saturated heterocycles. The van der Waals surface area contributed by atoms with Crippen molar-refractivity contribution in [1.29, 1.82) is 0 Å². The van der Waals surface area contributed by atoms with Gasteiger partial charge in [-0.25, -0.2) is 0 Å². The molecule has 2 fully saturated rings. The van der Waals surface area contributed by atoms with Crippen LogP contribution in [0.1, 0.15) is 106 Å². The van der Waals surface area contributed by atoms with Gasteiger partial charge in [-0.2, -0.15) is 0 Å².